The molecule has 0 radical (unpaired) electrons. The molecule has 3 heteroatoms. The van der Waals surface area contributed by atoms with Crippen LogP contribution < -0.4 is 10.9 Å². The Morgan fingerprint density at radius 1 is 1.64 bits per heavy atom. The molecule has 1 aromatic heterocycles. The van der Waals surface area contributed by atoms with Crippen LogP contribution in [0.2, 0.25) is 0 Å². The largest absolute Gasteiger partial charge is 0.316 e. The first-order valence-corrected chi connectivity index (χ1v) is 4.62. The van der Waals surface area contributed by atoms with Crippen LogP contribution in [-0.4, -0.2) is 18.2 Å². The summed E-state index contributed by atoms with van der Waals surface area (Å²) < 4.78 is 1.68. The van der Waals surface area contributed by atoms with Crippen LogP contribution in [0.4, 0.5) is 0 Å². The molecule has 0 saturated carbocycles. The fourth-order valence-corrected chi connectivity index (χ4v) is 1.33. The van der Waals surface area contributed by atoms with Gasteiger partial charge in [-0.05, 0) is 25.6 Å². The number of nitrogens with one attached hydrogen (secondary N) is 1. The first-order valence-electron chi connectivity index (χ1n) is 4.62. The number of likely N-dealkylation sites (N-methyl/N-ethyl adjacent to an activating group) is 1. The minimum atomic E-state index is 0.0600. The van der Waals surface area contributed by atoms with Crippen molar-refractivity contribution < 1.29 is 0 Å². The van der Waals surface area contributed by atoms with Crippen LogP contribution in [0.5, 0.6) is 0 Å². The summed E-state index contributed by atoms with van der Waals surface area (Å²) in [5.41, 5.74) is 1.83. The minimum Gasteiger partial charge on any atom is -0.316 e. The molecule has 76 valence electrons. The van der Waals surface area contributed by atoms with Gasteiger partial charge in [0.2, 0.25) is 0 Å². The monoisotopic (exact) mass is 192 g/mol. The summed E-state index contributed by atoms with van der Waals surface area (Å²) in [6.45, 7) is 7.03. The molecule has 1 rings (SSSR count). The summed E-state index contributed by atoms with van der Waals surface area (Å²) in [4.78, 5) is 11.6. The summed E-state index contributed by atoms with van der Waals surface area (Å²) in [5, 5.41) is 3.01. The van der Waals surface area contributed by atoms with Crippen molar-refractivity contribution in [2.45, 2.75) is 13.5 Å². The van der Waals surface area contributed by atoms with Gasteiger partial charge in [0.1, 0.15) is 0 Å². The minimum absolute atomic E-state index is 0.0600. The second-order valence-electron chi connectivity index (χ2n) is 3.40. The molecular formula is C11H16N2O. The van der Waals surface area contributed by atoms with E-state index in [-0.39, 0.29) is 5.56 Å². The zero-order valence-electron chi connectivity index (χ0n) is 8.71. The molecule has 1 N–H and O–H groups in total. The standard InChI is InChI=1S/C11H16N2O/c1-9(7-12-3)8-13-6-4-5-10(2)11(13)14/h4-6,12H,1,7-8H2,2-3H3. The number of hydrogen-bond donors (Lipinski definition) is 1. The Morgan fingerprint density at radius 2 is 2.36 bits per heavy atom. The van der Waals surface area contributed by atoms with Gasteiger partial charge in [-0.15, -0.1) is 0 Å². The van der Waals surface area contributed by atoms with Gasteiger partial charge in [0.25, 0.3) is 5.56 Å². The Kier molecular flexibility index (Phi) is 3.65. The number of aromatic nitrogens is 1. The Balaban J connectivity index is 2.82. The van der Waals surface area contributed by atoms with E-state index >= 15 is 0 Å². The van der Waals surface area contributed by atoms with Gasteiger partial charge in [-0.25, -0.2) is 0 Å². The van der Waals surface area contributed by atoms with Gasteiger partial charge < -0.3 is 9.88 Å². The van der Waals surface area contributed by atoms with Crippen molar-refractivity contribution in [1.82, 2.24) is 9.88 Å². The summed E-state index contributed by atoms with van der Waals surface area (Å²) >= 11 is 0. The first-order chi connectivity index (χ1) is 6.65. The third-order valence-electron chi connectivity index (χ3n) is 2.03. The molecular weight excluding hydrogens is 176 g/mol. The smallest absolute Gasteiger partial charge is 0.253 e. The van der Waals surface area contributed by atoms with Crippen molar-refractivity contribution in [2.24, 2.45) is 0 Å². The van der Waals surface area contributed by atoms with Crippen molar-refractivity contribution in [1.29, 1.82) is 0 Å². The maximum atomic E-state index is 11.6. The SMILES string of the molecule is C=C(CNC)Cn1cccc(C)c1=O. The Morgan fingerprint density at radius 3 is 3.00 bits per heavy atom. The van der Waals surface area contributed by atoms with Crippen LogP contribution in [0.25, 0.3) is 0 Å². The van der Waals surface area contributed by atoms with E-state index in [1.807, 2.05) is 26.1 Å². The molecule has 0 bridgehead atoms. The van der Waals surface area contributed by atoms with Crippen LogP contribution >= 0.6 is 0 Å². The molecule has 0 fully saturated rings. The molecule has 3 nitrogen and oxygen atoms in total. The van der Waals surface area contributed by atoms with Gasteiger partial charge in [0.05, 0.1) is 0 Å². The molecule has 0 unspecified atom stereocenters. The van der Waals surface area contributed by atoms with Crippen LogP contribution in [0.1, 0.15) is 5.56 Å². The second kappa shape index (κ2) is 4.77. The third kappa shape index (κ3) is 2.57. The van der Waals surface area contributed by atoms with E-state index in [2.05, 4.69) is 11.9 Å². The number of pyridine rings is 1. The zero-order chi connectivity index (χ0) is 10.6. The van der Waals surface area contributed by atoms with E-state index in [1.165, 1.54) is 0 Å². The maximum Gasteiger partial charge on any atom is 0.253 e. The maximum absolute atomic E-state index is 11.6. The molecule has 1 heterocycles. The molecule has 1 aromatic rings. The lowest BCUT2D eigenvalue weighted by atomic mass is 10.2. The number of rotatable bonds is 4. The lowest BCUT2D eigenvalue weighted by Crippen LogP contribution is -2.24. The van der Waals surface area contributed by atoms with Gasteiger partial charge in [0.15, 0.2) is 0 Å². The highest BCUT2D eigenvalue weighted by Gasteiger charge is 1.99. The fraction of sp³-hybridized carbons (Fsp3) is 0.364. The summed E-state index contributed by atoms with van der Waals surface area (Å²) in [5.74, 6) is 0. The number of aryl methyl sites for hydroxylation is 1. The van der Waals surface area contributed by atoms with Crippen molar-refractivity contribution in [3.8, 4) is 0 Å². The van der Waals surface area contributed by atoms with Crippen LogP contribution in [-0.2, 0) is 6.54 Å². The van der Waals surface area contributed by atoms with Crippen molar-refractivity contribution in [3.05, 3.63) is 46.4 Å². The topological polar surface area (TPSA) is 34.0 Å². The van der Waals surface area contributed by atoms with E-state index in [0.29, 0.717) is 6.54 Å². The normalized spacial score (nSPS) is 10.1. The van der Waals surface area contributed by atoms with Crippen molar-refractivity contribution in [2.75, 3.05) is 13.6 Å². The van der Waals surface area contributed by atoms with E-state index in [9.17, 15) is 4.79 Å². The molecule has 14 heavy (non-hydrogen) atoms. The molecule has 0 aliphatic rings. The molecule has 0 atom stereocenters. The van der Waals surface area contributed by atoms with E-state index in [4.69, 9.17) is 0 Å². The molecule has 0 amide bonds. The third-order valence-corrected chi connectivity index (χ3v) is 2.03. The lowest BCUT2D eigenvalue weighted by molar-refractivity contribution is 0.707. The molecule has 0 spiro atoms. The molecule has 0 aromatic carbocycles. The fourth-order valence-electron chi connectivity index (χ4n) is 1.33. The lowest BCUT2D eigenvalue weighted by Gasteiger charge is -2.08. The van der Waals surface area contributed by atoms with E-state index in [0.717, 1.165) is 17.7 Å². The highest BCUT2D eigenvalue weighted by Crippen LogP contribution is 1.94. The predicted octanol–water partition coefficient (Wildman–Crippen LogP) is 0.932. The van der Waals surface area contributed by atoms with Crippen molar-refractivity contribution in [3.63, 3.8) is 0 Å². The Bertz CT molecular complexity index is 379. The Hall–Kier alpha value is -1.35. The van der Waals surface area contributed by atoms with Gasteiger partial charge >= 0.3 is 0 Å². The number of hydrogen-bond acceptors (Lipinski definition) is 2. The molecule has 0 aliphatic carbocycles. The average molecular weight is 192 g/mol. The average Bonchev–Trinajstić information content (AvgIpc) is 2.13. The van der Waals surface area contributed by atoms with Gasteiger partial charge in [0, 0.05) is 24.8 Å². The molecule has 0 saturated heterocycles. The van der Waals surface area contributed by atoms with Crippen LogP contribution in [0.3, 0.4) is 0 Å². The summed E-state index contributed by atoms with van der Waals surface area (Å²) in [6, 6.07) is 3.70. The van der Waals surface area contributed by atoms with E-state index < -0.39 is 0 Å². The van der Waals surface area contributed by atoms with E-state index in [1.54, 1.807) is 10.8 Å². The first kappa shape index (κ1) is 10.7. The van der Waals surface area contributed by atoms with Crippen LogP contribution in [0.15, 0.2) is 35.3 Å². The summed E-state index contributed by atoms with van der Waals surface area (Å²) in [7, 11) is 1.87. The van der Waals surface area contributed by atoms with Gasteiger partial charge in [-0.2, -0.15) is 0 Å². The highest BCUT2D eigenvalue weighted by molar-refractivity contribution is 5.09. The summed E-state index contributed by atoms with van der Waals surface area (Å²) in [6.07, 6.45) is 1.79. The highest BCUT2D eigenvalue weighted by atomic mass is 16.1. The van der Waals surface area contributed by atoms with Gasteiger partial charge in [-0.3, -0.25) is 4.79 Å². The van der Waals surface area contributed by atoms with Gasteiger partial charge in [-0.1, -0.05) is 12.6 Å². The quantitative estimate of drug-likeness (QED) is 0.720. The Labute approximate surface area is 84.1 Å². The predicted molar refractivity (Wildman–Crippen MR) is 58.5 cm³/mol. The van der Waals surface area contributed by atoms with Crippen molar-refractivity contribution >= 4 is 0 Å². The van der Waals surface area contributed by atoms with Crippen LogP contribution in [0, 0.1) is 6.92 Å². The number of nitrogens with zero attached hydrogens (tertiary/aromatic N) is 1. The second-order valence-corrected chi connectivity index (χ2v) is 3.40. The zero-order valence-corrected chi connectivity index (χ0v) is 8.71. The molecule has 0 aliphatic heterocycles.